The zero-order valence-electron chi connectivity index (χ0n) is 14.2. The summed E-state index contributed by atoms with van der Waals surface area (Å²) in [6.45, 7) is 7.51. The van der Waals surface area contributed by atoms with Crippen molar-refractivity contribution >= 4 is 23.5 Å². The fourth-order valence-corrected chi connectivity index (χ4v) is 2.73. The van der Waals surface area contributed by atoms with Gasteiger partial charge in [-0.1, -0.05) is 11.6 Å². The summed E-state index contributed by atoms with van der Waals surface area (Å²) in [5.74, 6) is 0.544. The first-order valence-corrected chi connectivity index (χ1v) is 8.63. The largest absolute Gasteiger partial charge is 0.484 e. The number of carbonyl (C=O) groups excluding carboxylic acids is 2. The zero-order chi connectivity index (χ0) is 17.5. The lowest BCUT2D eigenvalue weighted by molar-refractivity contribution is -0.134. The Balaban J connectivity index is 1.78. The van der Waals surface area contributed by atoms with Gasteiger partial charge in [0.15, 0.2) is 6.61 Å². The van der Waals surface area contributed by atoms with Crippen LogP contribution in [0.15, 0.2) is 24.3 Å². The molecule has 3 amide bonds. The molecule has 1 aromatic carbocycles. The molecule has 1 aromatic rings. The number of halogens is 1. The Morgan fingerprint density at radius 1 is 1.04 bits per heavy atom. The molecule has 0 atom stereocenters. The van der Waals surface area contributed by atoms with E-state index in [2.05, 4.69) is 0 Å². The van der Waals surface area contributed by atoms with Gasteiger partial charge in [0.25, 0.3) is 5.91 Å². The summed E-state index contributed by atoms with van der Waals surface area (Å²) in [5.41, 5.74) is 0. The highest BCUT2D eigenvalue weighted by Gasteiger charge is 2.26. The second-order valence-corrected chi connectivity index (χ2v) is 6.00. The Kier molecular flexibility index (Phi) is 6.73. The lowest BCUT2D eigenvalue weighted by Crippen LogP contribution is -2.54. The van der Waals surface area contributed by atoms with Gasteiger partial charge in [-0.05, 0) is 38.1 Å². The Bertz CT molecular complexity index is 553. The van der Waals surface area contributed by atoms with E-state index < -0.39 is 0 Å². The predicted octanol–water partition coefficient (Wildman–Crippen LogP) is 2.32. The third-order valence-corrected chi connectivity index (χ3v) is 4.36. The Labute approximate surface area is 147 Å². The van der Waals surface area contributed by atoms with Gasteiger partial charge >= 0.3 is 6.03 Å². The van der Waals surface area contributed by atoms with E-state index in [1.54, 1.807) is 39.0 Å². The maximum atomic E-state index is 12.3. The summed E-state index contributed by atoms with van der Waals surface area (Å²) in [6.07, 6.45) is 0. The van der Waals surface area contributed by atoms with E-state index in [0.29, 0.717) is 50.0 Å². The molecule has 24 heavy (non-hydrogen) atoms. The molecule has 0 N–H and O–H groups in total. The van der Waals surface area contributed by atoms with E-state index in [4.69, 9.17) is 16.3 Å². The van der Waals surface area contributed by atoms with Crippen LogP contribution in [0.4, 0.5) is 4.79 Å². The van der Waals surface area contributed by atoms with Crippen LogP contribution in [-0.2, 0) is 4.79 Å². The Hall–Kier alpha value is -1.95. The third-order valence-electron chi connectivity index (χ3n) is 4.11. The van der Waals surface area contributed by atoms with Gasteiger partial charge in [0.2, 0.25) is 0 Å². The lowest BCUT2D eigenvalue weighted by atomic mass is 10.3. The van der Waals surface area contributed by atoms with Crippen molar-refractivity contribution in [3.63, 3.8) is 0 Å². The number of urea groups is 1. The van der Waals surface area contributed by atoms with Crippen molar-refractivity contribution < 1.29 is 14.3 Å². The summed E-state index contributed by atoms with van der Waals surface area (Å²) < 4.78 is 5.48. The van der Waals surface area contributed by atoms with Crippen molar-refractivity contribution in [2.45, 2.75) is 13.8 Å². The molecule has 0 saturated carbocycles. The Morgan fingerprint density at radius 2 is 1.58 bits per heavy atom. The van der Waals surface area contributed by atoms with Crippen molar-refractivity contribution in [2.75, 3.05) is 45.9 Å². The summed E-state index contributed by atoms with van der Waals surface area (Å²) >= 11 is 5.81. The predicted molar refractivity (Wildman–Crippen MR) is 93.4 cm³/mol. The molecular formula is C17H24ClN3O3. The molecular weight excluding hydrogens is 330 g/mol. The highest BCUT2D eigenvalue weighted by Crippen LogP contribution is 2.15. The van der Waals surface area contributed by atoms with Crippen molar-refractivity contribution in [3.05, 3.63) is 29.3 Å². The molecule has 0 bridgehead atoms. The average Bonchev–Trinajstić information content (AvgIpc) is 2.62. The smallest absolute Gasteiger partial charge is 0.320 e. The van der Waals surface area contributed by atoms with Crippen LogP contribution in [0.1, 0.15) is 13.8 Å². The second-order valence-electron chi connectivity index (χ2n) is 5.57. The van der Waals surface area contributed by atoms with Gasteiger partial charge in [0, 0.05) is 44.3 Å². The topological polar surface area (TPSA) is 53.1 Å². The lowest BCUT2D eigenvalue weighted by Gasteiger charge is -2.37. The molecule has 2 rings (SSSR count). The average molecular weight is 354 g/mol. The molecule has 1 aliphatic rings. The molecule has 0 unspecified atom stereocenters. The highest BCUT2D eigenvalue weighted by molar-refractivity contribution is 6.30. The van der Waals surface area contributed by atoms with Crippen LogP contribution in [0.2, 0.25) is 5.02 Å². The molecule has 1 aliphatic heterocycles. The monoisotopic (exact) mass is 353 g/mol. The van der Waals surface area contributed by atoms with Crippen LogP contribution in [-0.4, -0.2) is 72.5 Å². The van der Waals surface area contributed by atoms with Gasteiger partial charge in [0.05, 0.1) is 0 Å². The first-order chi connectivity index (χ1) is 11.5. The minimum absolute atomic E-state index is 0.00831. The Morgan fingerprint density at radius 3 is 2.12 bits per heavy atom. The number of rotatable bonds is 5. The number of hydrogen-bond donors (Lipinski definition) is 0. The SMILES string of the molecule is CCN(CC)C(=O)N1CCN(C(=O)COc2ccc(Cl)cc2)CC1. The van der Waals surface area contributed by atoms with Gasteiger partial charge in [-0.15, -0.1) is 0 Å². The van der Waals surface area contributed by atoms with Crippen molar-refractivity contribution in [2.24, 2.45) is 0 Å². The molecule has 1 saturated heterocycles. The molecule has 7 heteroatoms. The van der Waals surface area contributed by atoms with Crippen LogP contribution < -0.4 is 4.74 Å². The minimum atomic E-state index is -0.0695. The fraction of sp³-hybridized carbons (Fsp3) is 0.529. The maximum Gasteiger partial charge on any atom is 0.320 e. The van der Waals surface area contributed by atoms with Gasteiger partial charge < -0.3 is 19.4 Å². The summed E-state index contributed by atoms with van der Waals surface area (Å²) in [6, 6.07) is 6.95. The number of hydrogen-bond acceptors (Lipinski definition) is 3. The number of amides is 3. The van der Waals surface area contributed by atoms with E-state index in [1.807, 2.05) is 13.8 Å². The molecule has 132 valence electrons. The number of ether oxygens (including phenoxy) is 1. The first-order valence-electron chi connectivity index (χ1n) is 8.25. The second kappa shape index (κ2) is 8.78. The van der Waals surface area contributed by atoms with Gasteiger partial charge in [-0.3, -0.25) is 4.79 Å². The summed E-state index contributed by atoms with van der Waals surface area (Å²) in [5, 5.41) is 0.627. The summed E-state index contributed by atoms with van der Waals surface area (Å²) in [7, 11) is 0. The molecule has 1 fully saturated rings. The van der Waals surface area contributed by atoms with Crippen LogP contribution in [0.5, 0.6) is 5.75 Å². The van der Waals surface area contributed by atoms with Crippen LogP contribution in [0, 0.1) is 0 Å². The zero-order valence-corrected chi connectivity index (χ0v) is 15.0. The van der Waals surface area contributed by atoms with Crippen LogP contribution in [0.3, 0.4) is 0 Å². The highest BCUT2D eigenvalue weighted by atomic mass is 35.5. The normalized spacial score (nSPS) is 14.5. The van der Waals surface area contributed by atoms with Gasteiger partial charge in [-0.2, -0.15) is 0 Å². The van der Waals surface area contributed by atoms with E-state index in [-0.39, 0.29) is 18.5 Å². The number of benzene rings is 1. The molecule has 0 aromatic heterocycles. The molecule has 1 heterocycles. The minimum Gasteiger partial charge on any atom is -0.484 e. The van der Waals surface area contributed by atoms with E-state index in [9.17, 15) is 9.59 Å². The van der Waals surface area contributed by atoms with Gasteiger partial charge in [-0.25, -0.2) is 4.79 Å². The van der Waals surface area contributed by atoms with E-state index in [1.165, 1.54) is 0 Å². The number of nitrogens with zero attached hydrogens (tertiary/aromatic N) is 3. The first kappa shape index (κ1) is 18.4. The maximum absolute atomic E-state index is 12.3. The summed E-state index contributed by atoms with van der Waals surface area (Å²) in [4.78, 5) is 29.8. The molecule has 0 radical (unpaired) electrons. The molecule has 0 spiro atoms. The molecule has 6 nitrogen and oxygen atoms in total. The third kappa shape index (κ3) is 4.77. The molecule has 0 aliphatic carbocycles. The van der Waals surface area contributed by atoms with E-state index in [0.717, 1.165) is 0 Å². The fourth-order valence-electron chi connectivity index (χ4n) is 2.61. The van der Waals surface area contributed by atoms with Crippen molar-refractivity contribution in [1.29, 1.82) is 0 Å². The quantitative estimate of drug-likeness (QED) is 0.816. The van der Waals surface area contributed by atoms with E-state index >= 15 is 0 Å². The number of piperazine rings is 1. The van der Waals surface area contributed by atoms with Crippen LogP contribution in [0.25, 0.3) is 0 Å². The van der Waals surface area contributed by atoms with Crippen molar-refractivity contribution in [3.8, 4) is 5.75 Å². The number of carbonyl (C=O) groups is 2. The standard InChI is InChI=1S/C17H24ClN3O3/c1-3-19(4-2)17(23)21-11-9-20(10-12-21)16(22)13-24-15-7-5-14(18)6-8-15/h5-8H,3-4,9-13H2,1-2H3. The van der Waals surface area contributed by atoms with Crippen LogP contribution >= 0.6 is 11.6 Å². The van der Waals surface area contributed by atoms with Crippen molar-refractivity contribution in [1.82, 2.24) is 14.7 Å². The van der Waals surface area contributed by atoms with Gasteiger partial charge in [0.1, 0.15) is 5.75 Å².